The van der Waals surface area contributed by atoms with Crippen LogP contribution in [0.4, 0.5) is 0 Å². The lowest BCUT2D eigenvalue weighted by Crippen LogP contribution is -2.49. The van der Waals surface area contributed by atoms with E-state index in [0.29, 0.717) is 24.2 Å². The van der Waals surface area contributed by atoms with Crippen molar-refractivity contribution in [2.24, 2.45) is 0 Å². The molecule has 4 nitrogen and oxygen atoms in total. The fourth-order valence-electron chi connectivity index (χ4n) is 5.13. The molecule has 2 fully saturated rings. The Kier molecular flexibility index (Phi) is 8.16. The van der Waals surface area contributed by atoms with Crippen LogP contribution in [0.1, 0.15) is 90.4 Å². The van der Waals surface area contributed by atoms with Gasteiger partial charge in [-0.2, -0.15) is 0 Å². The highest BCUT2D eigenvalue weighted by Gasteiger charge is 2.46. The van der Waals surface area contributed by atoms with E-state index in [9.17, 15) is 13.2 Å². The molecule has 5 heteroatoms. The van der Waals surface area contributed by atoms with Gasteiger partial charge in [0.05, 0.1) is 10.1 Å². The highest BCUT2D eigenvalue weighted by atomic mass is 32.2. The molecule has 0 N–H and O–H groups in total. The van der Waals surface area contributed by atoms with E-state index >= 15 is 0 Å². The highest BCUT2D eigenvalue weighted by Crippen LogP contribution is 2.40. The second-order valence-electron chi connectivity index (χ2n) is 8.86. The van der Waals surface area contributed by atoms with Crippen LogP contribution in [-0.4, -0.2) is 36.6 Å². The maximum Gasteiger partial charge on any atom is 0.223 e. The van der Waals surface area contributed by atoms with E-state index in [1.54, 1.807) is 24.3 Å². The number of nitrogens with zero attached hydrogens (tertiary/aromatic N) is 1. The van der Waals surface area contributed by atoms with Crippen LogP contribution < -0.4 is 0 Å². The molecule has 2 aliphatic heterocycles. The summed E-state index contributed by atoms with van der Waals surface area (Å²) in [5.74, 6) is 0.249. The van der Waals surface area contributed by atoms with Crippen LogP contribution in [0.5, 0.6) is 0 Å². The second kappa shape index (κ2) is 10.6. The van der Waals surface area contributed by atoms with Gasteiger partial charge in [0.1, 0.15) is 0 Å². The van der Waals surface area contributed by atoms with Crippen molar-refractivity contribution >= 4 is 15.7 Å². The lowest BCUT2D eigenvalue weighted by Gasteiger charge is -2.38. The summed E-state index contributed by atoms with van der Waals surface area (Å²) in [6.45, 7) is 2.23. The SMILES string of the molecule is CCCCCCCCCCC(=O)N1C2CCC1CC(S(=O)(=O)c1ccccc1)C2. The third-order valence-corrected chi connectivity index (χ3v) is 8.92. The van der Waals surface area contributed by atoms with E-state index in [0.717, 1.165) is 25.7 Å². The molecule has 3 rings (SSSR count). The molecule has 0 aromatic heterocycles. The normalized spacial score (nSPS) is 24.0. The summed E-state index contributed by atoms with van der Waals surface area (Å²) < 4.78 is 26.0. The van der Waals surface area contributed by atoms with Crippen molar-refractivity contribution in [3.05, 3.63) is 30.3 Å². The molecule has 0 spiro atoms. The van der Waals surface area contributed by atoms with E-state index in [2.05, 4.69) is 11.8 Å². The molecule has 1 aromatic carbocycles. The van der Waals surface area contributed by atoms with Crippen LogP contribution in [0.3, 0.4) is 0 Å². The summed E-state index contributed by atoms with van der Waals surface area (Å²) in [4.78, 5) is 15.3. The number of hydrogen-bond acceptors (Lipinski definition) is 3. The number of amides is 1. The smallest absolute Gasteiger partial charge is 0.223 e. The number of piperidine rings is 1. The van der Waals surface area contributed by atoms with Crippen molar-refractivity contribution in [1.29, 1.82) is 0 Å². The Morgan fingerprint density at radius 3 is 2.03 bits per heavy atom. The summed E-state index contributed by atoms with van der Waals surface area (Å²) in [6, 6.07) is 9.01. The summed E-state index contributed by atoms with van der Waals surface area (Å²) in [7, 11) is -3.31. The predicted molar refractivity (Wildman–Crippen MR) is 118 cm³/mol. The van der Waals surface area contributed by atoms with Gasteiger partial charge >= 0.3 is 0 Å². The van der Waals surface area contributed by atoms with Gasteiger partial charge in [0.2, 0.25) is 5.91 Å². The Labute approximate surface area is 177 Å². The molecular weight excluding hydrogens is 382 g/mol. The minimum Gasteiger partial charge on any atom is -0.337 e. The zero-order valence-corrected chi connectivity index (χ0v) is 18.7. The molecule has 2 heterocycles. The van der Waals surface area contributed by atoms with Gasteiger partial charge in [-0.1, -0.05) is 70.1 Å². The maximum atomic E-state index is 13.0. The van der Waals surface area contributed by atoms with E-state index in [4.69, 9.17) is 0 Å². The van der Waals surface area contributed by atoms with Gasteiger partial charge in [0.15, 0.2) is 9.84 Å². The van der Waals surface area contributed by atoms with Crippen molar-refractivity contribution in [2.75, 3.05) is 0 Å². The van der Waals surface area contributed by atoms with Crippen LogP contribution in [0, 0.1) is 0 Å². The number of carbonyl (C=O) groups excluding carboxylic acids is 1. The van der Waals surface area contributed by atoms with Crippen molar-refractivity contribution < 1.29 is 13.2 Å². The first-order valence-electron chi connectivity index (χ1n) is 11.6. The average Bonchev–Trinajstić information content (AvgIpc) is 2.99. The van der Waals surface area contributed by atoms with E-state index in [-0.39, 0.29) is 23.2 Å². The van der Waals surface area contributed by atoms with Gasteiger partial charge in [0.25, 0.3) is 0 Å². The van der Waals surface area contributed by atoms with Gasteiger partial charge < -0.3 is 4.90 Å². The fourth-order valence-corrected chi connectivity index (χ4v) is 7.00. The van der Waals surface area contributed by atoms with Crippen molar-refractivity contribution in [1.82, 2.24) is 4.90 Å². The third-order valence-electron chi connectivity index (χ3n) is 6.73. The first kappa shape index (κ1) is 22.3. The van der Waals surface area contributed by atoms with Gasteiger partial charge in [-0.3, -0.25) is 4.79 Å². The number of carbonyl (C=O) groups is 1. The van der Waals surface area contributed by atoms with Crippen molar-refractivity contribution in [3.63, 3.8) is 0 Å². The number of unbranched alkanes of at least 4 members (excludes halogenated alkanes) is 7. The summed E-state index contributed by atoms with van der Waals surface area (Å²) in [6.07, 6.45) is 13.6. The van der Waals surface area contributed by atoms with Crippen molar-refractivity contribution in [3.8, 4) is 0 Å². The molecule has 2 unspecified atom stereocenters. The van der Waals surface area contributed by atoms with E-state index in [1.165, 1.54) is 38.5 Å². The highest BCUT2D eigenvalue weighted by molar-refractivity contribution is 7.92. The molecule has 0 radical (unpaired) electrons. The summed E-state index contributed by atoms with van der Waals surface area (Å²) in [5, 5.41) is -0.352. The minimum atomic E-state index is -3.31. The topological polar surface area (TPSA) is 54.5 Å². The van der Waals surface area contributed by atoms with Gasteiger partial charge in [-0.05, 0) is 44.2 Å². The molecule has 1 amide bonds. The molecule has 2 aliphatic rings. The molecule has 1 aromatic rings. The molecule has 0 aliphatic carbocycles. The van der Waals surface area contributed by atoms with Crippen LogP contribution in [0.15, 0.2) is 35.2 Å². The van der Waals surface area contributed by atoms with E-state index in [1.807, 2.05) is 6.07 Å². The van der Waals surface area contributed by atoms with Crippen LogP contribution in [0.2, 0.25) is 0 Å². The Hall–Kier alpha value is -1.36. The van der Waals surface area contributed by atoms with Crippen LogP contribution in [0.25, 0.3) is 0 Å². The summed E-state index contributed by atoms with van der Waals surface area (Å²) >= 11 is 0. The Balaban J connectivity index is 1.46. The molecule has 2 saturated heterocycles. The number of rotatable bonds is 11. The third kappa shape index (κ3) is 5.62. The number of benzene rings is 1. The van der Waals surface area contributed by atoms with Crippen molar-refractivity contribution in [2.45, 2.75) is 113 Å². The largest absolute Gasteiger partial charge is 0.337 e. The monoisotopic (exact) mass is 419 g/mol. The molecule has 0 saturated carbocycles. The molecular formula is C24H37NO3S. The van der Waals surface area contributed by atoms with E-state index < -0.39 is 9.84 Å². The van der Waals surface area contributed by atoms with Gasteiger partial charge in [-0.15, -0.1) is 0 Å². The standard InChI is InChI=1S/C24H37NO3S/c1-2-3-4-5-6-7-8-12-15-24(26)25-20-16-17-21(25)19-23(18-20)29(27,28)22-13-10-9-11-14-22/h9-11,13-14,20-21,23H,2-8,12,15-19H2,1H3. The Morgan fingerprint density at radius 1 is 0.897 bits per heavy atom. The first-order valence-corrected chi connectivity index (χ1v) is 13.2. The zero-order chi connectivity index (χ0) is 20.7. The second-order valence-corrected chi connectivity index (χ2v) is 11.1. The average molecular weight is 420 g/mol. The fraction of sp³-hybridized carbons (Fsp3) is 0.708. The minimum absolute atomic E-state index is 0.110. The predicted octanol–water partition coefficient (Wildman–Crippen LogP) is 5.51. The molecule has 29 heavy (non-hydrogen) atoms. The quantitative estimate of drug-likeness (QED) is 0.444. The first-order chi connectivity index (χ1) is 14.0. The number of sulfone groups is 1. The lowest BCUT2D eigenvalue weighted by molar-refractivity contribution is -0.135. The van der Waals surface area contributed by atoms with Crippen LogP contribution in [-0.2, 0) is 14.6 Å². The Morgan fingerprint density at radius 2 is 1.45 bits per heavy atom. The van der Waals surface area contributed by atoms with Crippen LogP contribution >= 0.6 is 0 Å². The Bertz CT molecular complexity index is 733. The number of fused-ring (bicyclic) bond motifs is 2. The summed E-state index contributed by atoms with van der Waals surface area (Å²) in [5.41, 5.74) is 0. The molecule has 2 atom stereocenters. The lowest BCUT2D eigenvalue weighted by atomic mass is 10.0. The van der Waals surface area contributed by atoms with Gasteiger partial charge in [0, 0.05) is 18.5 Å². The molecule has 2 bridgehead atoms. The maximum absolute atomic E-state index is 13.0. The van der Waals surface area contributed by atoms with Gasteiger partial charge in [-0.25, -0.2) is 8.42 Å². The number of hydrogen-bond donors (Lipinski definition) is 0. The zero-order valence-electron chi connectivity index (χ0n) is 17.9. The molecule has 162 valence electrons.